The maximum absolute atomic E-state index is 8.64. The summed E-state index contributed by atoms with van der Waals surface area (Å²) in [5.41, 5.74) is 2.21. The lowest BCUT2D eigenvalue weighted by Crippen LogP contribution is -1.93. The van der Waals surface area contributed by atoms with Crippen LogP contribution in [0.3, 0.4) is 0 Å². The van der Waals surface area contributed by atoms with Gasteiger partial charge in [-0.2, -0.15) is 0 Å². The Morgan fingerprint density at radius 1 is 1.32 bits per heavy atom. The van der Waals surface area contributed by atoms with E-state index in [0.29, 0.717) is 6.61 Å². The first-order valence-corrected chi connectivity index (χ1v) is 7.08. The second-order valence-corrected chi connectivity index (χ2v) is 5.05. The predicted octanol–water partition coefficient (Wildman–Crippen LogP) is 3.23. The molecule has 19 heavy (non-hydrogen) atoms. The zero-order chi connectivity index (χ0) is 13.5. The number of hydrogen-bond acceptors (Lipinski definition) is 3. The number of thiophene rings is 1. The van der Waals surface area contributed by atoms with Crippen molar-refractivity contribution < 1.29 is 9.84 Å². The van der Waals surface area contributed by atoms with Crippen molar-refractivity contribution in [3.63, 3.8) is 0 Å². The Hall–Kier alpha value is -1.76. The number of ether oxygens (including phenoxy) is 1. The number of benzene rings is 1. The van der Waals surface area contributed by atoms with Crippen LogP contribution < -0.4 is 4.74 Å². The third-order valence-electron chi connectivity index (χ3n) is 2.65. The molecule has 3 heteroatoms. The largest absolute Gasteiger partial charge is 0.488 e. The van der Waals surface area contributed by atoms with Gasteiger partial charge >= 0.3 is 0 Å². The predicted molar refractivity (Wildman–Crippen MR) is 78.4 cm³/mol. The number of aliphatic hydroxyl groups excluding tert-OH is 1. The summed E-state index contributed by atoms with van der Waals surface area (Å²) >= 11 is 1.62. The fraction of sp³-hybridized carbons (Fsp3) is 0.250. The van der Waals surface area contributed by atoms with Gasteiger partial charge in [0.15, 0.2) is 0 Å². The van der Waals surface area contributed by atoms with E-state index in [9.17, 15) is 0 Å². The molecule has 1 aromatic heterocycles. The molecule has 0 saturated carbocycles. The van der Waals surface area contributed by atoms with Gasteiger partial charge < -0.3 is 9.84 Å². The maximum atomic E-state index is 8.64. The Labute approximate surface area is 117 Å². The van der Waals surface area contributed by atoms with Crippen LogP contribution >= 0.6 is 11.3 Å². The average molecular weight is 272 g/mol. The molecule has 0 unspecified atom stereocenters. The molecule has 1 aromatic carbocycles. The molecule has 0 atom stereocenters. The monoisotopic (exact) mass is 272 g/mol. The Morgan fingerprint density at radius 2 is 2.21 bits per heavy atom. The van der Waals surface area contributed by atoms with Gasteiger partial charge in [0.2, 0.25) is 0 Å². The molecular weight excluding hydrogens is 256 g/mol. The van der Waals surface area contributed by atoms with Crippen LogP contribution in [0.2, 0.25) is 0 Å². The number of aryl methyl sites for hydroxylation is 1. The van der Waals surface area contributed by atoms with Crippen LogP contribution in [0.15, 0.2) is 35.7 Å². The highest BCUT2D eigenvalue weighted by Gasteiger charge is 2.00. The highest BCUT2D eigenvalue weighted by molar-refractivity contribution is 7.10. The molecule has 0 aliphatic rings. The van der Waals surface area contributed by atoms with Crippen LogP contribution in [0.1, 0.15) is 22.9 Å². The maximum Gasteiger partial charge on any atom is 0.122 e. The van der Waals surface area contributed by atoms with E-state index in [4.69, 9.17) is 9.84 Å². The van der Waals surface area contributed by atoms with Crippen LogP contribution in [0.25, 0.3) is 0 Å². The molecule has 2 nitrogen and oxygen atoms in total. The standard InChI is InChI=1S/C16H16O2S/c1-2-13-5-3-7-15(9-13)18-11-16-10-14(12-19-16)6-4-8-17/h3,5,7,9-10,12,17H,2,8,11H2,1H3. The van der Waals surface area contributed by atoms with Gasteiger partial charge in [0, 0.05) is 15.8 Å². The summed E-state index contributed by atoms with van der Waals surface area (Å²) in [5, 5.41) is 10.6. The molecule has 0 saturated heterocycles. The third kappa shape index (κ3) is 4.13. The SMILES string of the molecule is CCc1cccc(OCc2cc(C#CCO)cs2)c1. The summed E-state index contributed by atoms with van der Waals surface area (Å²) in [6.07, 6.45) is 1.01. The molecule has 0 amide bonds. The minimum atomic E-state index is -0.106. The first kappa shape index (κ1) is 13.7. The van der Waals surface area contributed by atoms with Gasteiger partial charge in [-0.3, -0.25) is 0 Å². The summed E-state index contributed by atoms with van der Waals surface area (Å²) in [6, 6.07) is 10.2. The van der Waals surface area contributed by atoms with Crippen LogP contribution in [0.4, 0.5) is 0 Å². The molecule has 0 bridgehead atoms. The molecule has 1 N–H and O–H groups in total. The van der Waals surface area contributed by atoms with Crippen molar-refractivity contribution in [3.8, 4) is 17.6 Å². The normalized spacial score (nSPS) is 9.79. The zero-order valence-electron chi connectivity index (χ0n) is 10.8. The number of hydrogen-bond donors (Lipinski definition) is 1. The van der Waals surface area contributed by atoms with Gasteiger partial charge in [0.1, 0.15) is 19.0 Å². The third-order valence-corrected chi connectivity index (χ3v) is 3.56. The quantitative estimate of drug-likeness (QED) is 0.866. The molecule has 0 spiro atoms. The summed E-state index contributed by atoms with van der Waals surface area (Å²) in [5.74, 6) is 6.42. The average Bonchev–Trinajstić information content (AvgIpc) is 2.91. The van der Waals surface area contributed by atoms with Crippen molar-refractivity contribution in [2.75, 3.05) is 6.61 Å². The highest BCUT2D eigenvalue weighted by atomic mass is 32.1. The summed E-state index contributed by atoms with van der Waals surface area (Å²) in [4.78, 5) is 1.13. The summed E-state index contributed by atoms with van der Waals surface area (Å²) in [6.45, 7) is 2.58. The molecule has 0 aliphatic heterocycles. The minimum Gasteiger partial charge on any atom is -0.488 e. The van der Waals surface area contributed by atoms with E-state index in [1.807, 2.05) is 23.6 Å². The minimum absolute atomic E-state index is 0.106. The van der Waals surface area contributed by atoms with Crippen LogP contribution in [-0.2, 0) is 13.0 Å². The molecule has 0 radical (unpaired) electrons. The molecule has 2 aromatic rings. The second kappa shape index (κ2) is 6.98. The van der Waals surface area contributed by atoms with E-state index < -0.39 is 0 Å². The molecule has 0 aliphatic carbocycles. The van der Waals surface area contributed by atoms with E-state index in [1.54, 1.807) is 11.3 Å². The van der Waals surface area contributed by atoms with Crippen molar-refractivity contribution in [2.24, 2.45) is 0 Å². The molecule has 0 fully saturated rings. The van der Waals surface area contributed by atoms with Crippen molar-refractivity contribution in [1.82, 2.24) is 0 Å². The highest BCUT2D eigenvalue weighted by Crippen LogP contribution is 2.19. The smallest absolute Gasteiger partial charge is 0.122 e. The van der Waals surface area contributed by atoms with E-state index in [1.165, 1.54) is 5.56 Å². The van der Waals surface area contributed by atoms with Gasteiger partial charge in [-0.25, -0.2) is 0 Å². The van der Waals surface area contributed by atoms with Crippen molar-refractivity contribution in [1.29, 1.82) is 0 Å². The van der Waals surface area contributed by atoms with Gasteiger partial charge in [-0.15, -0.1) is 11.3 Å². The van der Waals surface area contributed by atoms with E-state index >= 15 is 0 Å². The Morgan fingerprint density at radius 3 is 3.00 bits per heavy atom. The van der Waals surface area contributed by atoms with Crippen molar-refractivity contribution >= 4 is 11.3 Å². The number of aliphatic hydroxyl groups is 1. The van der Waals surface area contributed by atoms with Crippen LogP contribution in [0.5, 0.6) is 5.75 Å². The topological polar surface area (TPSA) is 29.5 Å². The summed E-state index contributed by atoms with van der Waals surface area (Å²) in [7, 11) is 0. The van der Waals surface area contributed by atoms with Crippen LogP contribution in [0, 0.1) is 11.8 Å². The van der Waals surface area contributed by atoms with E-state index in [-0.39, 0.29) is 6.61 Å². The lowest BCUT2D eigenvalue weighted by molar-refractivity contribution is 0.309. The first-order chi connectivity index (χ1) is 9.31. The molecule has 1 heterocycles. The van der Waals surface area contributed by atoms with Gasteiger partial charge in [-0.1, -0.05) is 30.9 Å². The van der Waals surface area contributed by atoms with Crippen molar-refractivity contribution in [3.05, 3.63) is 51.7 Å². The fourth-order valence-corrected chi connectivity index (χ4v) is 2.40. The van der Waals surface area contributed by atoms with Gasteiger partial charge in [0.05, 0.1) is 0 Å². The Bertz CT molecular complexity index is 590. The molecular formula is C16H16O2S. The molecule has 98 valence electrons. The van der Waals surface area contributed by atoms with Crippen molar-refractivity contribution in [2.45, 2.75) is 20.0 Å². The second-order valence-electron chi connectivity index (χ2n) is 4.05. The summed E-state index contributed by atoms with van der Waals surface area (Å²) < 4.78 is 5.77. The first-order valence-electron chi connectivity index (χ1n) is 6.20. The van der Waals surface area contributed by atoms with Gasteiger partial charge in [0.25, 0.3) is 0 Å². The lowest BCUT2D eigenvalue weighted by Gasteiger charge is -2.05. The Kier molecular flexibility index (Phi) is 5.02. The Balaban J connectivity index is 1.96. The van der Waals surface area contributed by atoms with Crippen LogP contribution in [-0.4, -0.2) is 11.7 Å². The number of rotatable bonds is 4. The molecule has 2 rings (SSSR count). The van der Waals surface area contributed by atoms with E-state index in [0.717, 1.165) is 22.6 Å². The lowest BCUT2D eigenvalue weighted by atomic mass is 10.2. The zero-order valence-corrected chi connectivity index (χ0v) is 11.7. The van der Waals surface area contributed by atoms with E-state index in [2.05, 4.69) is 30.9 Å². The fourth-order valence-electron chi connectivity index (χ4n) is 1.67. The van der Waals surface area contributed by atoms with Gasteiger partial charge in [-0.05, 0) is 30.2 Å².